The molecule has 0 aliphatic rings. The summed E-state index contributed by atoms with van der Waals surface area (Å²) in [4.78, 5) is 27.6. The lowest BCUT2D eigenvalue weighted by atomic mass is 10.2. The van der Waals surface area contributed by atoms with Crippen LogP contribution < -0.4 is 0 Å². The zero-order valence-corrected chi connectivity index (χ0v) is 16.4. The molecule has 0 aromatic heterocycles. The van der Waals surface area contributed by atoms with E-state index < -0.39 is 55.5 Å². The molecule has 12 nitrogen and oxygen atoms in total. The molecule has 0 radical (unpaired) electrons. The molecule has 146 valence electrons. The van der Waals surface area contributed by atoms with Gasteiger partial charge in [0.15, 0.2) is 0 Å². The summed E-state index contributed by atoms with van der Waals surface area (Å²) < 4.78 is 60.6. The molecular formula is C9H23O12P3. The number of hydrogen-bond donors (Lipinski definition) is 3. The molecular weight excluding hydrogens is 393 g/mol. The van der Waals surface area contributed by atoms with Crippen molar-refractivity contribution in [2.24, 2.45) is 0 Å². The molecule has 0 aliphatic carbocycles. The number of hydrogen-bond acceptors (Lipinski definition) is 9. The molecule has 0 saturated carbocycles. The van der Waals surface area contributed by atoms with Gasteiger partial charge in [0, 0.05) is 7.11 Å². The van der Waals surface area contributed by atoms with Gasteiger partial charge in [0.1, 0.15) is 0 Å². The second-order valence-corrected chi connectivity index (χ2v) is 9.52. The Hall–Kier alpha value is 0.330. The summed E-state index contributed by atoms with van der Waals surface area (Å²) in [5, 5.41) is 0. The van der Waals surface area contributed by atoms with Crippen molar-refractivity contribution in [2.45, 2.75) is 26.4 Å². The summed E-state index contributed by atoms with van der Waals surface area (Å²) in [5.74, 6) is 0. The molecule has 3 unspecified atom stereocenters. The molecule has 3 N–H and O–H groups in total. The molecule has 0 aliphatic heterocycles. The predicted molar refractivity (Wildman–Crippen MR) is 81.1 cm³/mol. The Morgan fingerprint density at radius 1 is 0.708 bits per heavy atom. The van der Waals surface area contributed by atoms with Crippen molar-refractivity contribution in [3.8, 4) is 0 Å². The van der Waals surface area contributed by atoms with Gasteiger partial charge in [-0.1, -0.05) is 0 Å². The van der Waals surface area contributed by atoms with Crippen LogP contribution in [0.5, 0.6) is 0 Å². The molecule has 0 rings (SSSR count). The fourth-order valence-corrected chi connectivity index (χ4v) is 3.22. The van der Waals surface area contributed by atoms with Gasteiger partial charge in [0.25, 0.3) is 0 Å². The van der Waals surface area contributed by atoms with Crippen molar-refractivity contribution in [2.75, 3.05) is 33.5 Å². The van der Waals surface area contributed by atoms with Crippen LogP contribution in [0.1, 0.15) is 20.8 Å². The fourth-order valence-electron chi connectivity index (χ4n) is 1.07. The third-order valence-electron chi connectivity index (χ3n) is 1.80. The van der Waals surface area contributed by atoms with E-state index in [9.17, 15) is 23.5 Å². The third kappa shape index (κ3) is 13.6. The van der Waals surface area contributed by atoms with Gasteiger partial charge < -0.3 is 14.7 Å². The average molecular weight is 416 g/mol. The Bertz CT molecular complexity index is 514. The number of phosphoric ester groups is 3. The van der Waals surface area contributed by atoms with E-state index in [1.54, 1.807) is 20.8 Å². The Kier molecular flexibility index (Phi) is 10.0. The average Bonchev–Trinajstić information content (AvgIpc) is 2.37. The summed E-state index contributed by atoms with van der Waals surface area (Å²) >= 11 is 0. The van der Waals surface area contributed by atoms with Gasteiger partial charge in [-0.05, 0) is 20.8 Å². The summed E-state index contributed by atoms with van der Waals surface area (Å²) in [6.45, 7) is 2.55. The first-order chi connectivity index (χ1) is 10.7. The molecule has 0 bridgehead atoms. The van der Waals surface area contributed by atoms with Crippen molar-refractivity contribution in [1.29, 1.82) is 0 Å². The van der Waals surface area contributed by atoms with Gasteiger partial charge in [-0.15, -0.1) is 0 Å². The van der Waals surface area contributed by atoms with Crippen molar-refractivity contribution in [1.82, 2.24) is 0 Å². The summed E-state index contributed by atoms with van der Waals surface area (Å²) in [7, 11) is -12.1. The van der Waals surface area contributed by atoms with Crippen LogP contribution in [0.2, 0.25) is 0 Å². The zero-order chi connectivity index (χ0) is 19.1. The molecule has 3 atom stereocenters. The second kappa shape index (κ2) is 9.87. The SMILES string of the molecule is COP(=O)(O)OCCOP(=O)(O)OCCOP(=O)(O)OC(C)(C)C. The van der Waals surface area contributed by atoms with E-state index in [0.717, 1.165) is 7.11 Å². The van der Waals surface area contributed by atoms with Crippen LogP contribution in [0, 0.1) is 0 Å². The van der Waals surface area contributed by atoms with Gasteiger partial charge in [0.2, 0.25) is 0 Å². The molecule has 24 heavy (non-hydrogen) atoms. The highest BCUT2D eigenvalue weighted by Crippen LogP contribution is 2.48. The predicted octanol–water partition coefficient (Wildman–Crippen LogP) is 1.82. The third-order valence-corrected chi connectivity index (χ3v) is 5.08. The van der Waals surface area contributed by atoms with Gasteiger partial charge in [-0.2, -0.15) is 0 Å². The zero-order valence-electron chi connectivity index (χ0n) is 13.7. The minimum absolute atomic E-state index is 0.503. The minimum atomic E-state index is -4.49. The molecule has 15 heteroatoms. The van der Waals surface area contributed by atoms with Crippen LogP contribution in [0.3, 0.4) is 0 Å². The van der Waals surface area contributed by atoms with Crippen molar-refractivity contribution in [3.05, 3.63) is 0 Å². The normalized spacial score (nSPS) is 20.1. The van der Waals surface area contributed by atoms with Gasteiger partial charge in [0.05, 0.1) is 32.0 Å². The van der Waals surface area contributed by atoms with Crippen molar-refractivity contribution in [3.63, 3.8) is 0 Å². The highest BCUT2D eigenvalue weighted by molar-refractivity contribution is 7.48. The number of rotatable bonds is 12. The van der Waals surface area contributed by atoms with Gasteiger partial charge >= 0.3 is 23.5 Å². The van der Waals surface area contributed by atoms with E-state index in [1.807, 2.05) is 0 Å². The van der Waals surface area contributed by atoms with Crippen LogP contribution in [0.4, 0.5) is 0 Å². The van der Waals surface area contributed by atoms with E-state index in [1.165, 1.54) is 0 Å². The highest BCUT2D eigenvalue weighted by Gasteiger charge is 2.29. The first-order valence-electron chi connectivity index (χ1n) is 6.51. The minimum Gasteiger partial charge on any atom is -0.303 e. The largest absolute Gasteiger partial charge is 0.472 e. The first kappa shape index (κ1) is 24.3. The summed E-state index contributed by atoms with van der Waals surface area (Å²) in [6, 6.07) is 0. The molecule has 0 amide bonds. The van der Waals surface area contributed by atoms with Crippen LogP contribution in [-0.4, -0.2) is 53.8 Å². The maximum Gasteiger partial charge on any atom is 0.472 e. The van der Waals surface area contributed by atoms with E-state index in [4.69, 9.17) is 9.42 Å². The lowest BCUT2D eigenvalue weighted by Crippen LogP contribution is -2.18. The van der Waals surface area contributed by atoms with Crippen molar-refractivity contribution < 1.29 is 55.5 Å². The summed E-state index contributed by atoms with van der Waals surface area (Å²) in [5.41, 5.74) is -0.922. The van der Waals surface area contributed by atoms with E-state index in [0.29, 0.717) is 0 Å². The Morgan fingerprint density at radius 2 is 1.04 bits per heavy atom. The monoisotopic (exact) mass is 416 g/mol. The number of phosphoric acid groups is 3. The van der Waals surface area contributed by atoms with E-state index >= 15 is 0 Å². The van der Waals surface area contributed by atoms with Crippen LogP contribution in [0.25, 0.3) is 0 Å². The lowest BCUT2D eigenvalue weighted by molar-refractivity contribution is 0.0502. The summed E-state index contributed by atoms with van der Waals surface area (Å²) in [6.07, 6.45) is 0. The highest BCUT2D eigenvalue weighted by atomic mass is 31.2. The Balaban J connectivity index is 4.03. The molecule has 0 aromatic carbocycles. The molecule has 0 aromatic rings. The standard InChI is InChI=1S/C9H23O12P3/c1-9(2,3)21-24(14,15)20-8-7-19-23(12,13)18-6-5-17-22(10,11)16-4/h5-8H2,1-4H3,(H,10,11)(H,12,13)(H,14,15). The van der Waals surface area contributed by atoms with E-state index in [2.05, 4.69) is 22.6 Å². The topological polar surface area (TPSA) is 167 Å². The first-order valence-corrected chi connectivity index (χ1v) is 11.0. The molecule has 0 fully saturated rings. The molecule has 0 saturated heterocycles. The van der Waals surface area contributed by atoms with Crippen LogP contribution in [-0.2, 0) is 40.8 Å². The maximum absolute atomic E-state index is 11.5. The second-order valence-electron chi connectivity index (χ2n) is 5.12. The quantitative estimate of drug-likeness (QED) is 0.312. The molecule has 0 heterocycles. The Morgan fingerprint density at radius 3 is 1.38 bits per heavy atom. The Labute approximate surface area is 139 Å². The van der Waals surface area contributed by atoms with Gasteiger partial charge in [-0.3, -0.25) is 27.1 Å². The fraction of sp³-hybridized carbons (Fsp3) is 1.00. The smallest absolute Gasteiger partial charge is 0.303 e. The van der Waals surface area contributed by atoms with E-state index in [-0.39, 0.29) is 0 Å². The van der Waals surface area contributed by atoms with Crippen LogP contribution >= 0.6 is 23.5 Å². The lowest BCUT2D eigenvalue weighted by Gasteiger charge is -2.22. The molecule has 0 spiro atoms. The van der Waals surface area contributed by atoms with Crippen molar-refractivity contribution >= 4 is 23.5 Å². The van der Waals surface area contributed by atoms with Crippen LogP contribution in [0.15, 0.2) is 0 Å². The maximum atomic E-state index is 11.5. The van der Waals surface area contributed by atoms with Gasteiger partial charge in [-0.25, -0.2) is 13.7 Å².